The molecule has 4 aromatic rings. The van der Waals surface area contributed by atoms with Gasteiger partial charge >= 0.3 is 0 Å². The number of pyridine rings is 2. The Kier molecular flexibility index (Phi) is 6.80. The van der Waals surface area contributed by atoms with E-state index in [0.717, 1.165) is 0 Å². The maximum absolute atomic E-state index is 14.4. The highest BCUT2D eigenvalue weighted by Crippen LogP contribution is 2.26. The van der Waals surface area contributed by atoms with Crippen LogP contribution in [0.25, 0.3) is 22.2 Å². The molecule has 5 rings (SSSR count). The number of primary amides is 1. The van der Waals surface area contributed by atoms with E-state index >= 15 is 0 Å². The molecule has 1 aliphatic rings. The molecule has 4 aromatic heterocycles. The summed E-state index contributed by atoms with van der Waals surface area (Å²) in [5, 5.41) is 7.24. The van der Waals surface area contributed by atoms with Gasteiger partial charge in [0.15, 0.2) is 5.69 Å². The molecule has 1 aliphatic heterocycles. The van der Waals surface area contributed by atoms with Gasteiger partial charge in [-0.25, -0.2) is 19.3 Å². The zero-order valence-corrected chi connectivity index (χ0v) is 21.6. The van der Waals surface area contributed by atoms with Gasteiger partial charge in [0.2, 0.25) is 11.8 Å². The lowest BCUT2D eigenvalue weighted by atomic mass is 10.1. The Morgan fingerprint density at radius 2 is 1.95 bits per heavy atom. The van der Waals surface area contributed by atoms with Crippen LogP contribution in [-0.2, 0) is 16.1 Å². The average Bonchev–Trinajstić information content (AvgIpc) is 3.45. The summed E-state index contributed by atoms with van der Waals surface area (Å²) >= 11 is 3.23. The fourth-order valence-electron chi connectivity index (χ4n) is 4.27. The molecule has 0 spiro atoms. The summed E-state index contributed by atoms with van der Waals surface area (Å²) in [6.45, 7) is 1.15. The van der Waals surface area contributed by atoms with E-state index in [-0.39, 0.29) is 31.0 Å². The van der Waals surface area contributed by atoms with Gasteiger partial charge in [0.05, 0.1) is 24.0 Å². The van der Waals surface area contributed by atoms with E-state index in [1.165, 1.54) is 15.8 Å². The van der Waals surface area contributed by atoms with E-state index < -0.39 is 29.9 Å². The number of fused-ring (bicyclic) bond motifs is 1. The molecular weight excluding hydrogens is 561 g/mol. The van der Waals surface area contributed by atoms with Crippen LogP contribution in [0.1, 0.15) is 22.7 Å². The molecule has 5 heterocycles. The number of carbonyl (C=O) groups is 3. The first kappa shape index (κ1) is 25.3. The van der Waals surface area contributed by atoms with Crippen LogP contribution in [0.4, 0.5) is 10.2 Å². The number of alkyl halides is 1. The maximum atomic E-state index is 14.4. The number of nitrogens with zero attached hydrogens (tertiary/aromatic N) is 7. The van der Waals surface area contributed by atoms with E-state index in [9.17, 15) is 18.8 Å². The van der Waals surface area contributed by atoms with Crippen molar-refractivity contribution >= 4 is 50.4 Å². The van der Waals surface area contributed by atoms with Crippen molar-refractivity contribution in [1.82, 2.24) is 34.6 Å². The largest absolute Gasteiger partial charge is 0.364 e. The van der Waals surface area contributed by atoms with E-state index in [0.29, 0.717) is 32.6 Å². The van der Waals surface area contributed by atoms with Crippen LogP contribution < -0.4 is 11.1 Å². The Bertz CT molecular complexity index is 1560. The summed E-state index contributed by atoms with van der Waals surface area (Å²) in [7, 11) is 0. The van der Waals surface area contributed by atoms with Crippen LogP contribution in [0.15, 0.2) is 47.5 Å². The third kappa shape index (κ3) is 5.07. The third-order valence-electron chi connectivity index (χ3n) is 6.07. The van der Waals surface area contributed by atoms with Crippen molar-refractivity contribution in [3.8, 4) is 11.3 Å². The van der Waals surface area contributed by atoms with E-state index in [1.807, 2.05) is 0 Å². The number of hydrogen-bond donors (Lipinski definition) is 2. The minimum atomic E-state index is -1.37. The zero-order valence-electron chi connectivity index (χ0n) is 20.0. The smallest absolute Gasteiger partial charge is 0.269 e. The van der Waals surface area contributed by atoms with Crippen molar-refractivity contribution in [2.24, 2.45) is 5.73 Å². The molecule has 0 radical (unpaired) electrons. The Hall–Kier alpha value is -4.33. The monoisotopic (exact) mass is 581 g/mol. The Labute approximate surface area is 223 Å². The van der Waals surface area contributed by atoms with Gasteiger partial charge in [-0.15, -0.1) is 0 Å². The normalized spacial score (nSPS) is 17.1. The number of hydrogen-bond acceptors (Lipinski definition) is 8. The van der Waals surface area contributed by atoms with Gasteiger partial charge in [0.1, 0.15) is 35.0 Å². The molecule has 0 saturated carbocycles. The first-order valence-corrected chi connectivity index (χ1v) is 12.3. The fraction of sp³-hybridized carbons (Fsp3) is 0.250. The van der Waals surface area contributed by atoms with E-state index in [4.69, 9.17) is 5.73 Å². The summed E-state index contributed by atoms with van der Waals surface area (Å²) in [5.74, 6) is -1.04. The average molecular weight is 582 g/mol. The summed E-state index contributed by atoms with van der Waals surface area (Å²) in [4.78, 5) is 56.3. The molecule has 0 unspecified atom stereocenters. The Balaban J connectivity index is 1.41. The van der Waals surface area contributed by atoms with Crippen molar-refractivity contribution < 1.29 is 18.8 Å². The highest BCUT2D eigenvalue weighted by Gasteiger charge is 2.40. The molecule has 0 aliphatic carbocycles. The second-order valence-corrected chi connectivity index (χ2v) is 9.52. The van der Waals surface area contributed by atoms with Gasteiger partial charge < -0.3 is 16.0 Å². The maximum Gasteiger partial charge on any atom is 0.269 e. The van der Waals surface area contributed by atoms with E-state index in [1.54, 1.807) is 43.6 Å². The second kappa shape index (κ2) is 10.2. The number of aromatic nitrogens is 6. The van der Waals surface area contributed by atoms with Crippen molar-refractivity contribution in [2.45, 2.75) is 32.1 Å². The van der Waals surface area contributed by atoms with Gasteiger partial charge in [-0.3, -0.25) is 24.0 Å². The fourth-order valence-corrected chi connectivity index (χ4v) is 4.62. The first-order chi connectivity index (χ1) is 18.2. The third-order valence-corrected chi connectivity index (χ3v) is 6.51. The molecule has 0 bridgehead atoms. The minimum Gasteiger partial charge on any atom is -0.364 e. The van der Waals surface area contributed by atoms with Crippen LogP contribution in [-0.4, -0.2) is 71.1 Å². The predicted octanol–water partition coefficient (Wildman–Crippen LogP) is 2.03. The number of halogens is 2. The van der Waals surface area contributed by atoms with Crippen molar-refractivity contribution in [3.05, 3.63) is 59.0 Å². The second-order valence-electron chi connectivity index (χ2n) is 8.71. The number of rotatable bonds is 6. The summed E-state index contributed by atoms with van der Waals surface area (Å²) in [5.41, 5.74) is 6.99. The van der Waals surface area contributed by atoms with Crippen molar-refractivity contribution in [1.29, 1.82) is 0 Å². The molecule has 2 atom stereocenters. The van der Waals surface area contributed by atoms with Crippen LogP contribution in [0, 0.1) is 6.92 Å². The molecule has 0 aromatic carbocycles. The lowest BCUT2D eigenvalue weighted by Gasteiger charge is -2.23. The van der Waals surface area contributed by atoms with Gasteiger partial charge in [-0.2, -0.15) is 5.10 Å². The van der Waals surface area contributed by atoms with Crippen LogP contribution >= 0.6 is 15.9 Å². The molecular formula is C24H21BrFN9O3. The number of aryl methyl sites for hydroxylation is 1. The first-order valence-electron chi connectivity index (χ1n) is 11.5. The van der Waals surface area contributed by atoms with Crippen LogP contribution in [0.3, 0.4) is 0 Å². The topological polar surface area (TPSA) is 162 Å². The molecule has 14 heteroatoms. The standard InChI is InChI=1S/C24H21BrFN9O3/c1-12-28-7-13(8-29-12)16-6-15-18(9-30-16)35(33-22(15)23(27)37)11-21(36)34-10-14(26)5-17(34)24(38)32-20-4-2-3-19(25)31-20/h2-4,6-9,14,17H,5,10-11H2,1H3,(H2,27,37)(H,31,32,38)/t14-,17+/m1/s1. The minimum absolute atomic E-state index is 0.0516. The molecule has 3 amide bonds. The predicted molar refractivity (Wildman–Crippen MR) is 137 cm³/mol. The lowest BCUT2D eigenvalue weighted by Crippen LogP contribution is -2.44. The van der Waals surface area contributed by atoms with E-state index in [2.05, 4.69) is 46.3 Å². The van der Waals surface area contributed by atoms with Gasteiger partial charge in [-0.1, -0.05) is 6.07 Å². The summed E-state index contributed by atoms with van der Waals surface area (Å²) in [6.07, 6.45) is 3.14. The molecule has 12 nitrogen and oxygen atoms in total. The van der Waals surface area contributed by atoms with Crippen LogP contribution in [0.2, 0.25) is 0 Å². The van der Waals surface area contributed by atoms with Gasteiger partial charge in [-0.05, 0) is 41.1 Å². The summed E-state index contributed by atoms with van der Waals surface area (Å²) < 4.78 is 16.2. The molecule has 1 fully saturated rings. The Morgan fingerprint density at radius 1 is 1.18 bits per heavy atom. The number of amides is 3. The number of nitrogens with two attached hydrogens (primary N) is 1. The number of anilines is 1. The highest BCUT2D eigenvalue weighted by atomic mass is 79.9. The van der Waals surface area contributed by atoms with Crippen LogP contribution in [0.5, 0.6) is 0 Å². The molecule has 3 N–H and O–H groups in total. The lowest BCUT2D eigenvalue weighted by molar-refractivity contribution is -0.137. The number of likely N-dealkylation sites (tertiary alicyclic amines) is 1. The highest BCUT2D eigenvalue weighted by molar-refractivity contribution is 9.10. The molecule has 194 valence electrons. The quantitative estimate of drug-likeness (QED) is 0.327. The number of nitrogens with one attached hydrogen (secondary N) is 1. The van der Waals surface area contributed by atoms with Crippen molar-refractivity contribution in [2.75, 3.05) is 11.9 Å². The molecule has 38 heavy (non-hydrogen) atoms. The Morgan fingerprint density at radius 3 is 2.66 bits per heavy atom. The summed E-state index contributed by atoms with van der Waals surface area (Å²) in [6, 6.07) is 5.54. The van der Waals surface area contributed by atoms with Crippen molar-refractivity contribution in [3.63, 3.8) is 0 Å². The van der Waals surface area contributed by atoms with Gasteiger partial charge in [0, 0.05) is 29.8 Å². The van der Waals surface area contributed by atoms with Gasteiger partial charge in [0.25, 0.3) is 5.91 Å². The number of carbonyl (C=O) groups excluding carboxylic acids is 3. The SMILES string of the molecule is Cc1ncc(-c2cc3c(C(N)=O)nn(CC(=O)N4C[C@H](F)C[C@H]4C(=O)Nc4cccc(Br)n4)c3cn2)cn1. The zero-order chi connectivity index (χ0) is 27.0. The molecule has 1 saturated heterocycles.